The number of halogens is 13. The maximum absolute atomic E-state index is 14.4. The van der Waals surface area contributed by atoms with Gasteiger partial charge in [-0.3, -0.25) is 0 Å². The largest absolute Gasteiger partial charge is 0.440 e. The highest BCUT2D eigenvalue weighted by Crippen LogP contribution is 2.40. The number of piperazine rings is 1. The van der Waals surface area contributed by atoms with Crippen LogP contribution in [0.4, 0.5) is 74.7 Å². The van der Waals surface area contributed by atoms with E-state index in [4.69, 9.17) is 0 Å². The smallest absolute Gasteiger partial charge is 0.434 e. The van der Waals surface area contributed by atoms with Crippen LogP contribution in [0.3, 0.4) is 0 Å². The molecule has 0 unspecified atom stereocenters. The fourth-order valence-corrected chi connectivity index (χ4v) is 3.70. The van der Waals surface area contributed by atoms with E-state index >= 15 is 0 Å². The van der Waals surface area contributed by atoms with Crippen molar-refractivity contribution in [1.82, 2.24) is 15.0 Å². The summed E-state index contributed by atoms with van der Waals surface area (Å²) in [5, 5.41) is 2.58. The Morgan fingerprint density at radius 1 is 0.756 bits per heavy atom. The fraction of sp³-hybridized carbons (Fsp3) is 0.571. The van der Waals surface area contributed by atoms with Gasteiger partial charge in [0.25, 0.3) is 6.10 Å². The lowest BCUT2D eigenvalue weighted by Gasteiger charge is -2.36. The van der Waals surface area contributed by atoms with Crippen molar-refractivity contribution in [3.63, 3.8) is 0 Å². The average molecular weight is 618 g/mol. The van der Waals surface area contributed by atoms with Crippen molar-refractivity contribution >= 4 is 17.6 Å². The molecule has 2 aromatic rings. The van der Waals surface area contributed by atoms with Gasteiger partial charge in [-0.1, -0.05) is 13.3 Å². The first-order valence-corrected chi connectivity index (χ1v) is 11.6. The first-order valence-electron chi connectivity index (χ1n) is 11.6. The molecule has 0 amide bonds. The van der Waals surface area contributed by atoms with Crippen molar-refractivity contribution in [3.05, 3.63) is 28.8 Å². The summed E-state index contributed by atoms with van der Waals surface area (Å²) in [7, 11) is 0. The van der Waals surface area contributed by atoms with Gasteiger partial charge in [0, 0.05) is 32.7 Å². The molecule has 7 nitrogen and oxygen atoms in total. The van der Waals surface area contributed by atoms with Gasteiger partial charge < -0.3 is 19.9 Å². The number of nitrogens with one attached hydrogen (secondary N) is 1. The summed E-state index contributed by atoms with van der Waals surface area (Å²) in [5.41, 5.74) is -4.20. The van der Waals surface area contributed by atoms with Gasteiger partial charge in [-0.25, -0.2) is 17.6 Å². The summed E-state index contributed by atoms with van der Waals surface area (Å²) in [6, 6.07) is -1.36. The molecular weight excluding hydrogens is 599 g/mol. The van der Waals surface area contributed by atoms with Crippen LogP contribution in [0.25, 0.3) is 0 Å². The molecule has 1 N–H and O–H groups in total. The lowest BCUT2D eigenvalue weighted by atomic mass is 10.1. The maximum atomic E-state index is 14.4. The van der Waals surface area contributed by atoms with Crippen LogP contribution < -0.4 is 19.9 Å². The van der Waals surface area contributed by atoms with Gasteiger partial charge in [-0.15, -0.1) is 0 Å². The topological polar surface area (TPSA) is 66.4 Å². The molecule has 1 aromatic carbocycles. The minimum Gasteiger partial charge on any atom is -0.440 e. The Hall–Kier alpha value is -3.48. The molecule has 0 saturated carbocycles. The quantitative estimate of drug-likeness (QED) is 0.226. The summed E-state index contributed by atoms with van der Waals surface area (Å²) in [5.74, 6) is -10.9. The number of anilines is 3. The molecule has 230 valence electrons. The molecule has 0 atom stereocenters. The third-order valence-electron chi connectivity index (χ3n) is 5.64. The van der Waals surface area contributed by atoms with Gasteiger partial charge in [0.05, 0.1) is 0 Å². The van der Waals surface area contributed by atoms with E-state index in [1.54, 1.807) is 6.92 Å². The van der Waals surface area contributed by atoms with Gasteiger partial charge in [0.1, 0.15) is 11.3 Å². The Morgan fingerprint density at radius 3 is 1.73 bits per heavy atom. The Balaban J connectivity index is 1.90. The first-order chi connectivity index (χ1) is 18.9. The third kappa shape index (κ3) is 7.24. The molecule has 1 aliphatic rings. The fourth-order valence-electron chi connectivity index (χ4n) is 3.70. The van der Waals surface area contributed by atoms with Crippen molar-refractivity contribution in [2.45, 2.75) is 44.4 Å². The van der Waals surface area contributed by atoms with Crippen LogP contribution in [0.5, 0.6) is 6.01 Å². The molecule has 2 heterocycles. The van der Waals surface area contributed by atoms with Crippen LogP contribution in [-0.2, 0) is 6.18 Å². The highest BCUT2D eigenvalue weighted by molar-refractivity contribution is 5.54. The first kappa shape index (κ1) is 32.0. The van der Waals surface area contributed by atoms with Crippen LogP contribution in [0, 0.1) is 23.3 Å². The van der Waals surface area contributed by atoms with E-state index in [-0.39, 0.29) is 6.54 Å². The molecule has 1 aliphatic heterocycles. The zero-order valence-corrected chi connectivity index (χ0v) is 20.6. The van der Waals surface area contributed by atoms with Crippen molar-refractivity contribution in [2.24, 2.45) is 0 Å². The second kappa shape index (κ2) is 11.8. The van der Waals surface area contributed by atoms with Crippen molar-refractivity contribution in [2.75, 3.05) is 47.8 Å². The standard InChI is InChI=1S/C21H19F13N6O/c1-2-3-4-35-16-36-17(38-18(37-16)41-15(20(29,30)31)21(32,33)34)40-7-5-39(6-8-40)14-12(24)10(22)9(19(26,27)28)11(23)13(14)25/h15H,2-8H2,1H3,(H,35,36,37,38). The van der Waals surface area contributed by atoms with Gasteiger partial charge in [-0.2, -0.15) is 54.5 Å². The summed E-state index contributed by atoms with van der Waals surface area (Å²) in [6.07, 6.45) is -20.7. The van der Waals surface area contributed by atoms with Gasteiger partial charge in [0.15, 0.2) is 23.3 Å². The predicted octanol–water partition coefficient (Wildman–Crippen LogP) is 5.86. The Labute approximate surface area is 222 Å². The zero-order valence-electron chi connectivity index (χ0n) is 20.6. The predicted molar refractivity (Wildman–Crippen MR) is 115 cm³/mol. The molecule has 0 spiro atoms. The molecule has 3 rings (SSSR count). The van der Waals surface area contributed by atoms with Crippen molar-refractivity contribution in [1.29, 1.82) is 0 Å². The number of alkyl halides is 9. The van der Waals surface area contributed by atoms with Crippen LogP contribution in [-0.4, -0.2) is 66.1 Å². The van der Waals surface area contributed by atoms with Crippen LogP contribution >= 0.6 is 0 Å². The number of hydrogen-bond donors (Lipinski definition) is 1. The minimum atomic E-state index is -5.90. The van der Waals surface area contributed by atoms with Crippen LogP contribution in [0.15, 0.2) is 0 Å². The maximum Gasteiger partial charge on any atom is 0.434 e. The highest BCUT2D eigenvalue weighted by Gasteiger charge is 2.59. The number of aromatic nitrogens is 3. The van der Waals surface area contributed by atoms with Crippen LogP contribution in [0.1, 0.15) is 25.3 Å². The number of hydrogen-bond acceptors (Lipinski definition) is 7. The monoisotopic (exact) mass is 618 g/mol. The van der Waals surface area contributed by atoms with Crippen molar-refractivity contribution in [3.8, 4) is 6.01 Å². The lowest BCUT2D eigenvalue weighted by Crippen LogP contribution is -2.48. The molecule has 1 saturated heterocycles. The second-order valence-corrected chi connectivity index (χ2v) is 8.55. The number of nitrogens with zero attached hydrogens (tertiary/aromatic N) is 5. The van der Waals surface area contributed by atoms with Gasteiger partial charge in [-0.05, 0) is 6.42 Å². The van der Waals surface area contributed by atoms with E-state index in [1.807, 2.05) is 0 Å². The summed E-state index contributed by atoms with van der Waals surface area (Å²) < 4.78 is 178. The zero-order chi connectivity index (χ0) is 30.9. The van der Waals surface area contributed by atoms with E-state index in [2.05, 4.69) is 25.0 Å². The van der Waals surface area contributed by atoms with E-state index in [0.29, 0.717) is 17.7 Å². The Morgan fingerprint density at radius 2 is 1.27 bits per heavy atom. The van der Waals surface area contributed by atoms with E-state index in [9.17, 15) is 57.1 Å². The second-order valence-electron chi connectivity index (χ2n) is 8.55. The van der Waals surface area contributed by atoms with Crippen LogP contribution in [0.2, 0.25) is 0 Å². The normalized spacial score (nSPS) is 15.1. The summed E-state index contributed by atoms with van der Waals surface area (Å²) in [4.78, 5) is 12.6. The Bertz CT molecular complexity index is 1180. The summed E-state index contributed by atoms with van der Waals surface area (Å²) in [6.45, 7) is 0.0646. The van der Waals surface area contributed by atoms with Gasteiger partial charge >= 0.3 is 24.5 Å². The Kier molecular flexibility index (Phi) is 9.21. The molecular formula is C21H19F13N6O. The number of unbranched alkanes of at least 4 members (excludes halogenated alkanes) is 1. The highest BCUT2D eigenvalue weighted by atomic mass is 19.4. The van der Waals surface area contributed by atoms with E-state index in [0.717, 1.165) is 4.90 Å². The number of benzene rings is 1. The molecule has 0 bridgehead atoms. The lowest BCUT2D eigenvalue weighted by molar-refractivity contribution is -0.301. The molecule has 20 heteroatoms. The van der Waals surface area contributed by atoms with E-state index in [1.165, 1.54) is 0 Å². The SMILES string of the molecule is CCCCNc1nc(OC(C(F)(F)F)C(F)(F)F)nc(N2CCN(c3c(F)c(F)c(C(F)(F)F)c(F)c3F)CC2)n1. The molecule has 0 aliphatic carbocycles. The third-order valence-corrected chi connectivity index (χ3v) is 5.64. The average Bonchev–Trinajstić information content (AvgIpc) is 2.85. The molecule has 1 aromatic heterocycles. The van der Waals surface area contributed by atoms with Gasteiger partial charge in [0.2, 0.25) is 11.9 Å². The molecule has 41 heavy (non-hydrogen) atoms. The van der Waals surface area contributed by atoms with E-state index < -0.39 is 103 Å². The molecule has 1 fully saturated rings. The number of rotatable bonds is 8. The minimum absolute atomic E-state index is 0.152. The number of ether oxygens (including phenoxy) is 1. The summed E-state index contributed by atoms with van der Waals surface area (Å²) >= 11 is 0. The molecule has 0 radical (unpaired) electrons. The van der Waals surface area contributed by atoms with Crippen molar-refractivity contribution < 1.29 is 61.8 Å².